The Morgan fingerprint density at radius 1 is 1.20 bits per heavy atom. The number of nitrogens with zero attached hydrogens (tertiary/aromatic N) is 1. The van der Waals surface area contributed by atoms with Crippen LogP contribution in [0.25, 0.3) is 0 Å². The predicted molar refractivity (Wildman–Crippen MR) is 79.3 cm³/mol. The van der Waals surface area contributed by atoms with Crippen molar-refractivity contribution in [1.29, 1.82) is 0 Å². The Morgan fingerprint density at radius 3 is 2.65 bits per heavy atom. The number of aromatic nitrogens is 1. The van der Waals surface area contributed by atoms with Crippen LogP contribution in [-0.4, -0.2) is 12.1 Å². The molecule has 0 saturated carbocycles. The number of benzene rings is 1. The molecule has 2 aromatic rings. The van der Waals surface area contributed by atoms with Gasteiger partial charge in [0.15, 0.2) is 11.5 Å². The Bertz CT molecular complexity index is 597. The average Bonchev–Trinajstić information content (AvgIpc) is 2.48. The van der Waals surface area contributed by atoms with Gasteiger partial charge in [0.1, 0.15) is 0 Å². The summed E-state index contributed by atoms with van der Waals surface area (Å²) in [5.74, 6) is 1.89. The van der Waals surface area contributed by atoms with Crippen LogP contribution in [0.15, 0.2) is 30.5 Å². The summed E-state index contributed by atoms with van der Waals surface area (Å²) < 4.78 is 11.3. The topological polar surface area (TPSA) is 57.4 Å². The number of nitrogens with two attached hydrogens (primary N) is 1. The highest BCUT2D eigenvalue weighted by Crippen LogP contribution is 2.33. The van der Waals surface area contributed by atoms with E-state index in [0.29, 0.717) is 23.9 Å². The minimum Gasteiger partial charge on any atom is -0.493 e. The van der Waals surface area contributed by atoms with E-state index in [1.165, 1.54) is 5.56 Å². The lowest BCUT2D eigenvalue weighted by Gasteiger charge is -2.14. The van der Waals surface area contributed by atoms with Gasteiger partial charge in [-0.1, -0.05) is 13.0 Å². The Balaban J connectivity index is 2.37. The van der Waals surface area contributed by atoms with Crippen molar-refractivity contribution < 1.29 is 9.47 Å². The molecular formula is C16H20N2O2. The third-order valence-electron chi connectivity index (χ3n) is 3.30. The maximum absolute atomic E-state index is 5.89. The van der Waals surface area contributed by atoms with Gasteiger partial charge in [-0.2, -0.15) is 0 Å². The summed E-state index contributed by atoms with van der Waals surface area (Å²) in [4.78, 5) is 4.27. The third-order valence-corrected chi connectivity index (χ3v) is 3.30. The molecule has 0 aliphatic rings. The van der Waals surface area contributed by atoms with E-state index in [9.17, 15) is 0 Å². The molecule has 0 radical (unpaired) electrons. The molecule has 2 rings (SSSR count). The van der Waals surface area contributed by atoms with Crippen molar-refractivity contribution in [3.8, 4) is 17.4 Å². The van der Waals surface area contributed by atoms with Crippen molar-refractivity contribution in [2.24, 2.45) is 5.73 Å². The lowest BCUT2D eigenvalue weighted by molar-refractivity contribution is 0.372. The first-order chi connectivity index (χ1) is 9.69. The van der Waals surface area contributed by atoms with E-state index in [4.69, 9.17) is 15.2 Å². The largest absolute Gasteiger partial charge is 0.493 e. The standard InChI is InChI=1S/C16H20N2O2/c1-4-12-5-6-14(15(9-12)19-3)20-16-13(10-17)11(2)7-8-18-16/h5-9H,4,10,17H2,1-3H3. The minimum absolute atomic E-state index is 0.393. The molecule has 1 aromatic heterocycles. The van der Waals surface area contributed by atoms with Gasteiger partial charge in [-0.15, -0.1) is 0 Å². The Labute approximate surface area is 119 Å². The fourth-order valence-electron chi connectivity index (χ4n) is 2.02. The highest BCUT2D eigenvalue weighted by atomic mass is 16.5. The van der Waals surface area contributed by atoms with Gasteiger partial charge in [-0.05, 0) is 42.7 Å². The van der Waals surface area contributed by atoms with E-state index in [1.54, 1.807) is 13.3 Å². The van der Waals surface area contributed by atoms with Crippen LogP contribution < -0.4 is 15.2 Å². The van der Waals surface area contributed by atoms with Gasteiger partial charge in [0.25, 0.3) is 0 Å². The number of pyridine rings is 1. The zero-order valence-electron chi connectivity index (χ0n) is 12.1. The van der Waals surface area contributed by atoms with Gasteiger partial charge in [0.2, 0.25) is 5.88 Å². The molecule has 0 fully saturated rings. The minimum atomic E-state index is 0.393. The Morgan fingerprint density at radius 2 is 2.00 bits per heavy atom. The van der Waals surface area contributed by atoms with Crippen LogP contribution in [0.2, 0.25) is 0 Å². The fourth-order valence-corrected chi connectivity index (χ4v) is 2.02. The lowest BCUT2D eigenvalue weighted by atomic mass is 10.1. The van der Waals surface area contributed by atoms with Crippen LogP contribution in [0.4, 0.5) is 0 Å². The average molecular weight is 272 g/mol. The molecular weight excluding hydrogens is 252 g/mol. The van der Waals surface area contributed by atoms with E-state index in [2.05, 4.69) is 11.9 Å². The first-order valence-electron chi connectivity index (χ1n) is 6.68. The maximum atomic E-state index is 5.89. The highest BCUT2D eigenvalue weighted by Gasteiger charge is 2.11. The van der Waals surface area contributed by atoms with Crippen LogP contribution in [-0.2, 0) is 13.0 Å². The van der Waals surface area contributed by atoms with E-state index in [-0.39, 0.29) is 0 Å². The van der Waals surface area contributed by atoms with Crippen molar-refractivity contribution >= 4 is 0 Å². The number of ether oxygens (including phenoxy) is 2. The lowest BCUT2D eigenvalue weighted by Crippen LogP contribution is -2.04. The molecule has 0 spiro atoms. The SMILES string of the molecule is CCc1ccc(Oc2nccc(C)c2CN)c(OC)c1. The normalized spacial score (nSPS) is 10.4. The van der Waals surface area contributed by atoms with Crippen molar-refractivity contribution in [2.75, 3.05) is 7.11 Å². The molecule has 4 heteroatoms. The third kappa shape index (κ3) is 2.91. The van der Waals surface area contributed by atoms with Crippen LogP contribution >= 0.6 is 0 Å². The highest BCUT2D eigenvalue weighted by molar-refractivity contribution is 5.46. The van der Waals surface area contributed by atoms with Crippen molar-refractivity contribution in [1.82, 2.24) is 4.98 Å². The van der Waals surface area contributed by atoms with E-state index in [1.807, 2.05) is 31.2 Å². The van der Waals surface area contributed by atoms with E-state index >= 15 is 0 Å². The molecule has 0 aliphatic heterocycles. The predicted octanol–water partition coefficient (Wildman–Crippen LogP) is 3.21. The van der Waals surface area contributed by atoms with Crippen LogP contribution in [0, 0.1) is 6.92 Å². The van der Waals surface area contributed by atoms with Gasteiger partial charge in [0.05, 0.1) is 7.11 Å². The molecule has 0 aliphatic carbocycles. The summed E-state index contributed by atoms with van der Waals surface area (Å²) in [6.07, 6.45) is 2.67. The van der Waals surface area contributed by atoms with Crippen molar-refractivity contribution in [2.45, 2.75) is 26.8 Å². The zero-order valence-corrected chi connectivity index (χ0v) is 12.1. The molecule has 0 amide bonds. The summed E-state index contributed by atoms with van der Waals surface area (Å²) >= 11 is 0. The summed E-state index contributed by atoms with van der Waals surface area (Å²) in [6.45, 7) is 4.49. The summed E-state index contributed by atoms with van der Waals surface area (Å²) in [5, 5.41) is 0. The van der Waals surface area contributed by atoms with E-state index in [0.717, 1.165) is 17.5 Å². The second-order valence-electron chi connectivity index (χ2n) is 4.56. The molecule has 0 bridgehead atoms. The molecule has 0 saturated heterocycles. The zero-order chi connectivity index (χ0) is 14.5. The number of hydrogen-bond acceptors (Lipinski definition) is 4. The fraction of sp³-hybridized carbons (Fsp3) is 0.312. The van der Waals surface area contributed by atoms with Gasteiger partial charge in [-0.3, -0.25) is 0 Å². The molecule has 1 aromatic carbocycles. The van der Waals surface area contributed by atoms with Crippen molar-refractivity contribution in [3.05, 3.63) is 47.2 Å². The number of aryl methyl sites for hydroxylation is 2. The maximum Gasteiger partial charge on any atom is 0.224 e. The van der Waals surface area contributed by atoms with Gasteiger partial charge < -0.3 is 15.2 Å². The van der Waals surface area contributed by atoms with Crippen LogP contribution in [0.1, 0.15) is 23.6 Å². The number of hydrogen-bond donors (Lipinski definition) is 1. The van der Waals surface area contributed by atoms with Gasteiger partial charge >= 0.3 is 0 Å². The number of methoxy groups -OCH3 is 1. The first-order valence-corrected chi connectivity index (χ1v) is 6.68. The van der Waals surface area contributed by atoms with Crippen molar-refractivity contribution in [3.63, 3.8) is 0 Å². The summed E-state index contributed by atoms with van der Waals surface area (Å²) in [7, 11) is 1.63. The molecule has 4 nitrogen and oxygen atoms in total. The second kappa shape index (κ2) is 6.39. The van der Waals surface area contributed by atoms with Crippen LogP contribution in [0.3, 0.4) is 0 Å². The van der Waals surface area contributed by atoms with Crippen LogP contribution in [0.5, 0.6) is 17.4 Å². The number of rotatable bonds is 5. The molecule has 20 heavy (non-hydrogen) atoms. The van der Waals surface area contributed by atoms with Gasteiger partial charge in [-0.25, -0.2) is 4.98 Å². The van der Waals surface area contributed by atoms with Gasteiger partial charge in [0, 0.05) is 18.3 Å². The molecule has 2 N–H and O–H groups in total. The molecule has 0 atom stereocenters. The summed E-state index contributed by atoms with van der Waals surface area (Å²) in [6, 6.07) is 7.83. The second-order valence-corrected chi connectivity index (χ2v) is 4.56. The molecule has 1 heterocycles. The Hall–Kier alpha value is -2.07. The first kappa shape index (κ1) is 14.3. The summed E-state index contributed by atoms with van der Waals surface area (Å²) in [5.41, 5.74) is 8.95. The quantitative estimate of drug-likeness (QED) is 0.908. The monoisotopic (exact) mass is 272 g/mol. The smallest absolute Gasteiger partial charge is 0.224 e. The Kier molecular flexibility index (Phi) is 4.58. The van der Waals surface area contributed by atoms with E-state index < -0.39 is 0 Å². The molecule has 106 valence electrons. The molecule has 0 unspecified atom stereocenters.